The average molecular weight is 536 g/mol. The Kier molecular flexibility index (Phi) is 7.67. The van der Waals surface area contributed by atoms with Gasteiger partial charge in [-0.2, -0.15) is 0 Å². The molecule has 2 aliphatic rings. The number of likely N-dealkylation sites (N-methyl/N-ethyl adjacent to an activating group) is 1. The predicted octanol–water partition coefficient (Wildman–Crippen LogP) is 2.82. The molecule has 0 saturated carbocycles. The van der Waals surface area contributed by atoms with Crippen molar-refractivity contribution in [3.8, 4) is 0 Å². The van der Waals surface area contributed by atoms with Gasteiger partial charge in [-0.15, -0.1) is 0 Å². The number of hydrazine groups is 1. The number of rotatable bonds is 6. The quantitative estimate of drug-likeness (QED) is 0.569. The van der Waals surface area contributed by atoms with Gasteiger partial charge in [-0.3, -0.25) is 4.99 Å². The third kappa shape index (κ3) is 5.17. The second-order valence-corrected chi connectivity index (χ2v) is 8.62. The van der Waals surface area contributed by atoms with Crippen LogP contribution in [0.15, 0.2) is 57.3 Å². The van der Waals surface area contributed by atoms with E-state index in [2.05, 4.69) is 36.2 Å². The molecular weight excluding hydrogens is 512 g/mol. The van der Waals surface area contributed by atoms with E-state index in [1.54, 1.807) is 0 Å². The van der Waals surface area contributed by atoms with Gasteiger partial charge in [0.25, 0.3) is 0 Å². The summed E-state index contributed by atoms with van der Waals surface area (Å²) in [5.74, 6) is -1.44. The number of nitrogens with one attached hydrogen (secondary N) is 1. The Bertz CT molecular complexity index is 1140. The molecule has 1 aromatic heterocycles. The maximum atomic E-state index is 14.7. The number of pyridine rings is 1. The van der Waals surface area contributed by atoms with E-state index in [-0.39, 0.29) is 23.6 Å². The molecule has 1 N–H and O–H groups in total. The number of ether oxygens (including phenoxy) is 2. The van der Waals surface area contributed by atoms with Gasteiger partial charge in [0.15, 0.2) is 11.7 Å². The van der Waals surface area contributed by atoms with Crippen molar-refractivity contribution < 1.29 is 23.0 Å². The first-order chi connectivity index (χ1) is 16.4. The zero-order chi connectivity index (χ0) is 24.2. The molecule has 0 bridgehead atoms. The molecule has 180 valence electrons. The van der Waals surface area contributed by atoms with Crippen molar-refractivity contribution in [2.75, 3.05) is 47.0 Å². The van der Waals surface area contributed by atoms with Crippen LogP contribution in [-0.4, -0.2) is 73.8 Å². The number of esters is 1. The zero-order valence-electron chi connectivity index (χ0n) is 18.7. The number of morpholine rings is 1. The number of amidine groups is 1. The van der Waals surface area contributed by atoms with Gasteiger partial charge in [0.1, 0.15) is 17.6 Å². The second-order valence-electron chi connectivity index (χ2n) is 7.77. The molecule has 3 heterocycles. The number of carbonyl (C=O) groups is 1. The van der Waals surface area contributed by atoms with Gasteiger partial charge in [-0.1, -0.05) is 22.0 Å². The number of halogens is 3. The topological polar surface area (TPSA) is 79.3 Å². The molecule has 8 nitrogen and oxygen atoms in total. The summed E-state index contributed by atoms with van der Waals surface area (Å²) < 4.78 is 39.4. The third-order valence-electron chi connectivity index (χ3n) is 5.63. The van der Waals surface area contributed by atoms with Gasteiger partial charge < -0.3 is 14.8 Å². The lowest BCUT2D eigenvalue weighted by Gasteiger charge is -2.37. The van der Waals surface area contributed by atoms with E-state index in [1.165, 1.54) is 43.6 Å². The molecule has 1 atom stereocenters. The molecule has 0 spiro atoms. The number of nitrogens with zero attached hydrogens (tertiary/aromatic N) is 4. The normalized spacial score (nSPS) is 19.1. The van der Waals surface area contributed by atoms with Crippen molar-refractivity contribution >= 4 is 27.7 Å². The van der Waals surface area contributed by atoms with Gasteiger partial charge in [-0.05, 0) is 29.8 Å². The number of benzene rings is 1. The summed E-state index contributed by atoms with van der Waals surface area (Å²) in [5.41, 5.74) is 1.27. The van der Waals surface area contributed by atoms with Gasteiger partial charge in [-0.25, -0.2) is 28.6 Å². The number of hydrogen-bond acceptors (Lipinski definition) is 8. The van der Waals surface area contributed by atoms with Crippen LogP contribution < -0.4 is 5.32 Å². The SMILES string of the molecule is COC(=O)C1=C(CN(C)N2CCOCC2)NC(c2ncccc2F)=NC1c1ccc(F)cc1Br. The number of aromatic nitrogens is 1. The highest BCUT2D eigenvalue weighted by Gasteiger charge is 2.35. The Morgan fingerprint density at radius 3 is 2.76 bits per heavy atom. The molecule has 0 aliphatic carbocycles. The van der Waals surface area contributed by atoms with Gasteiger partial charge in [0, 0.05) is 36.5 Å². The molecule has 0 amide bonds. The smallest absolute Gasteiger partial charge is 0.338 e. The van der Waals surface area contributed by atoms with E-state index in [1.807, 2.05) is 12.1 Å². The molecule has 34 heavy (non-hydrogen) atoms. The Morgan fingerprint density at radius 2 is 2.09 bits per heavy atom. The summed E-state index contributed by atoms with van der Waals surface area (Å²) in [6, 6.07) is 6.01. The summed E-state index contributed by atoms with van der Waals surface area (Å²) >= 11 is 3.38. The first-order valence-corrected chi connectivity index (χ1v) is 11.4. The van der Waals surface area contributed by atoms with Gasteiger partial charge in [0.2, 0.25) is 0 Å². The van der Waals surface area contributed by atoms with E-state index < -0.39 is 23.6 Å². The van der Waals surface area contributed by atoms with Crippen LogP contribution in [0.5, 0.6) is 0 Å². The molecule has 1 saturated heterocycles. The maximum absolute atomic E-state index is 14.7. The Morgan fingerprint density at radius 1 is 1.32 bits per heavy atom. The monoisotopic (exact) mass is 535 g/mol. The fraction of sp³-hybridized carbons (Fsp3) is 0.348. The number of aliphatic imine (C=N–C) groups is 1. The Labute approximate surface area is 204 Å². The van der Waals surface area contributed by atoms with Gasteiger partial charge >= 0.3 is 5.97 Å². The summed E-state index contributed by atoms with van der Waals surface area (Å²) in [5, 5.41) is 7.17. The number of methoxy groups -OCH3 is 1. The van der Waals surface area contributed by atoms with E-state index in [9.17, 15) is 13.6 Å². The highest BCUT2D eigenvalue weighted by molar-refractivity contribution is 9.10. The second kappa shape index (κ2) is 10.7. The summed E-state index contributed by atoms with van der Waals surface area (Å²) in [6.45, 7) is 2.86. The third-order valence-corrected chi connectivity index (χ3v) is 6.32. The van der Waals surface area contributed by atoms with E-state index >= 15 is 0 Å². The van der Waals surface area contributed by atoms with E-state index in [0.717, 1.165) is 0 Å². The van der Waals surface area contributed by atoms with Crippen molar-refractivity contribution in [3.63, 3.8) is 0 Å². The molecule has 11 heteroatoms. The lowest BCUT2D eigenvalue weighted by molar-refractivity contribution is -0.136. The molecule has 4 rings (SSSR count). The highest BCUT2D eigenvalue weighted by Crippen LogP contribution is 2.36. The van der Waals surface area contributed by atoms with Gasteiger partial charge in [0.05, 0.1) is 32.4 Å². The lowest BCUT2D eigenvalue weighted by atomic mass is 9.95. The minimum Gasteiger partial charge on any atom is -0.466 e. The Balaban J connectivity index is 1.82. The largest absolute Gasteiger partial charge is 0.466 e. The first kappa shape index (κ1) is 24.4. The van der Waals surface area contributed by atoms with Crippen molar-refractivity contribution in [3.05, 3.63) is 75.2 Å². The minimum atomic E-state index is -0.881. The predicted molar refractivity (Wildman–Crippen MR) is 125 cm³/mol. The first-order valence-electron chi connectivity index (χ1n) is 10.6. The van der Waals surface area contributed by atoms with Crippen LogP contribution >= 0.6 is 15.9 Å². The fourth-order valence-corrected chi connectivity index (χ4v) is 4.49. The van der Waals surface area contributed by atoms with Crippen LogP contribution in [0.3, 0.4) is 0 Å². The molecule has 1 aromatic carbocycles. The molecule has 2 aromatic rings. The summed E-state index contributed by atoms with van der Waals surface area (Å²) in [4.78, 5) is 21.8. The summed E-state index contributed by atoms with van der Waals surface area (Å²) in [7, 11) is 3.18. The summed E-state index contributed by atoms with van der Waals surface area (Å²) in [6.07, 6.45) is 1.46. The molecule has 1 unspecified atom stereocenters. The molecule has 1 fully saturated rings. The highest BCUT2D eigenvalue weighted by atomic mass is 79.9. The number of carbonyl (C=O) groups excluding carboxylic acids is 1. The van der Waals surface area contributed by atoms with E-state index in [0.29, 0.717) is 42.0 Å². The van der Waals surface area contributed by atoms with Crippen molar-refractivity contribution in [2.45, 2.75) is 6.04 Å². The minimum absolute atomic E-state index is 0.0150. The molecule has 2 aliphatic heterocycles. The number of hydrogen-bond donors (Lipinski definition) is 1. The maximum Gasteiger partial charge on any atom is 0.338 e. The van der Waals surface area contributed by atoms with Crippen LogP contribution in [-0.2, 0) is 14.3 Å². The lowest BCUT2D eigenvalue weighted by Crippen LogP contribution is -2.49. The Hall–Kier alpha value is -2.73. The van der Waals surface area contributed by atoms with Crippen molar-refractivity contribution in [1.29, 1.82) is 0 Å². The van der Waals surface area contributed by atoms with Crippen LogP contribution in [0.1, 0.15) is 17.3 Å². The van der Waals surface area contributed by atoms with Crippen LogP contribution in [0.2, 0.25) is 0 Å². The van der Waals surface area contributed by atoms with Crippen molar-refractivity contribution in [2.24, 2.45) is 4.99 Å². The standard InChI is InChI=1S/C23H24BrF2N5O3/c1-30(31-8-10-34-11-9-31)13-18-19(23(32)33-2)20(15-6-5-14(25)12-16(15)24)29-22(28-18)21-17(26)4-3-7-27-21/h3-7,12,20H,8-11,13H2,1-2H3,(H,28,29). The fourth-order valence-electron chi connectivity index (χ4n) is 3.92. The molecular formula is C23H24BrF2N5O3. The van der Waals surface area contributed by atoms with Crippen LogP contribution in [0.4, 0.5) is 8.78 Å². The average Bonchev–Trinajstić information content (AvgIpc) is 2.84. The zero-order valence-corrected chi connectivity index (χ0v) is 20.3. The van der Waals surface area contributed by atoms with Crippen molar-refractivity contribution in [1.82, 2.24) is 20.3 Å². The van der Waals surface area contributed by atoms with Crippen LogP contribution in [0, 0.1) is 11.6 Å². The van der Waals surface area contributed by atoms with Crippen LogP contribution in [0.25, 0.3) is 0 Å². The van der Waals surface area contributed by atoms with E-state index in [4.69, 9.17) is 9.47 Å². The molecule has 0 radical (unpaired) electrons.